The fourth-order valence-electron chi connectivity index (χ4n) is 2.61. The molecule has 1 aliphatic rings. The van der Waals surface area contributed by atoms with E-state index in [4.69, 9.17) is 0 Å². The number of aliphatic imine (C=N–C) groups is 1. The Morgan fingerprint density at radius 1 is 1.25 bits per heavy atom. The summed E-state index contributed by atoms with van der Waals surface area (Å²) in [5, 5.41) is 6.43. The first-order chi connectivity index (χ1) is 10.7. The normalized spacial score (nSPS) is 20.3. The number of rotatable bonds is 3. The van der Waals surface area contributed by atoms with Crippen molar-refractivity contribution in [1.82, 2.24) is 10.6 Å². The van der Waals surface area contributed by atoms with E-state index in [0.717, 1.165) is 0 Å². The lowest BCUT2D eigenvalue weighted by molar-refractivity contribution is 0.589. The predicted molar refractivity (Wildman–Crippen MR) is 111 cm³/mol. The van der Waals surface area contributed by atoms with Crippen molar-refractivity contribution < 1.29 is 8.42 Å². The highest BCUT2D eigenvalue weighted by molar-refractivity contribution is 14.0. The van der Waals surface area contributed by atoms with Gasteiger partial charge >= 0.3 is 0 Å². The average molecular weight is 465 g/mol. The lowest BCUT2D eigenvalue weighted by Gasteiger charge is -2.19. The van der Waals surface area contributed by atoms with Gasteiger partial charge in [0, 0.05) is 19.6 Å². The zero-order chi connectivity index (χ0) is 17.1. The van der Waals surface area contributed by atoms with Gasteiger partial charge in [-0.05, 0) is 23.0 Å². The van der Waals surface area contributed by atoms with Crippen LogP contribution in [-0.4, -0.2) is 39.0 Å². The molecular formula is C17H28IN3O2S. The number of hydrogen-bond donors (Lipinski definition) is 2. The van der Waals surface area contributed by atoms with Gasteiger partial charge in [0.2, 0.25) is 0 Å². The molecule has 1 unspecified atom stereocenters. The Labute approximate surface area is 162 Å². The summed E-state index contributed by atoms with van der Waals surface area (Å²) in [6.45, 7) is 7.24. The molecule has 0 amide bonds. The molecule has 0 spiro atoms. The minimum atomic E-state index is -2.88. The maximum atomic E-state index is 11.5. The molecule has 1 aromatic rings. The van der Waals surface area contributed by atoms with E-state index in [-0.39, 0.29) is 46.9 Å². The standard InChI is InChI=1S/C17H27N3O2S.HI/c1-17(2,3)14-7-5-13(6-8-14)11-19-16(18-4)20-15-9-10-23(21,22)12-15;/h5-8,15H,9-12H2,1-4H3,(H2,18,19,20);1H. The number of hydrogen-bond acceptors (Lipinski definition) is 3. The van der Waals surface area contributed by atoms with E-state index in [9.17, 15) is 8.42 Å². The molecule has 0 aromatic heterocycles. The second-order valence-corrected chi connectivity index (χ2v) is 9.35. The van der Waals surface area contributed by atoms with E-state index in [0.29, 0.717) is 18.9 Å². The van der Waals surface area contributed by atoms with Crippen LogP contribution in [0.25, 0.3) is 0 Å². The van der Waals surface area contributed by atoms with Gasteiger partial charge in [0.1, 0.15) is 0 Å². The summed E-state index contributed by atoms with van der Waals surface area (Å²) in [7, 11) is -1.18. The van der Waals surface area contributed by atoms with Crippen LogP contribution in [0.3, 0.4) is 0 Å². The van der Waals surface area contributed by atoms with Crippen LogP contribution in [0.4, 0.5) is 0 Å². The topological polar surface area (TPSA) is 70.6 Å². The molecule has 136 valence electrons. The van der Waals surface area contributed by atoms with Crippen LogP contribution < -0.4 is 10.6 Å². The van der Waals surface area contributed by atoms with Gasteiger partial charge in [-0.15, -0.1) is 24.0 Å². The molecule has 0 saturated carbocycles. The van der Waals surface area contributed by atoms with Crippen molar-refractivity contribution in [2.45, 2.75) is 45.2 Å². The number of halogens is 1. The number of nitrogens with one attached hydrogen (secondary N) is 2. The molecule has 2 N–H and O–H groups in total. The van der Waals surface area contributed by atoms with Crippen molar-refractivity contribution in [2.24, 2.45) is 4.99 Å². The smallest absolute Gasteiger partial charge is 0.191 e. The van der Waals surface area contributed by atoms with E-state index < -0.39 is 9.84 Å². The second kappa shape index (κ2) is 8.51. The van der Waals surface area contributed by atoms with Crippen molar-refractivity contribution in [2.75, 3.05) is 18.6 Å². The molecule has 2 rings (SSSR count). The third-order valence-corrected chi connectivity index (χ3v) is 5.84. The minimum absolute atomic E-state index is 0. The van der Waals surface area contributed by atoms with Crippen LogP contribution in [0.5, 0.6) is 0 Å². The van der Waals surface area contributed by atoms with Gasteiger partial charge in [-0.3, -0.25) is 4.99 Å². The van der Waals surface area contributed by atoms with Gasteiger partial charge in [-0.2, -0.15) is 0 Å². The summed E-state index contributed by atoms with van der Waals surface area (Å²) < 4.78 is 23.0. The molecule has 0 radical (unpaired) electrons. The predicted octanol–water partition coefficient (Wildman–Crippen LogP) is 2.45. The summed E-state index contributed by atoms with van der Waals surface area (Å²) in [6, 6.07) is 8.48. The molecule has 1 aliphatic heterocycles. The maximum absolute atomic E-state index is 11.5. The molecule has 0 bridgehead atoms. The van der Waals surface area contributed by atoms with Crippen LogP contribution in [0, 0.1) is 0 Å². The Morgan fingerprint density at radius 3 is 2.33 bits per heavy atom. The molecular weight excluding hydrogens is 437 g/mol. The van der Waals surface area contributed by atoms with E-state index in [1.54, 1.807) is 7.05 Å². The Bertz CT molecular complexity index is 664. The summed E-state index contributed by atoms with van der Waals surface area (Å²) in [5.74, 6) is 1.09. The van der Waals surface area contributed by atoms with Gasteiger partial charge in [0.15, 0.2) is 15.8 Å². The highest BCUT2D eigenvalue weighted by atomic mass is 127. The lowest BCUT2D eigenvalue weighted by Crippen LogP contribution is -2.43. The molecule has 1 aromatic carbocycles. The summed E-state index contributed by atoms with van der Waals surface area (Å²) in [4.78, 5) is 4.17. The van der Waals surface area contributed by atoms with Gasteiger partial charge < -0.3 is 10.6 Å². The van der Waals surface area contributed by atoms with Gasteiger partial charge in [-0.25, -0.2) is 8.42 Å². The van der Waals surface area contributed by atoms with E-state index in [1.807, 2.05) is 0 Å². The molecule has 1 heterocycles. The largest absolute Gasteiger partial charge is 0.353 e. The highest BCUT2D eigenvalue weighted by Gasteiger charge is 2.28. The minimum Gasteiger partial charge on any atom is -0.353 e. The van der Waals surface area contributed by atoms with Crippen LogP contribution >= 0.6 is 24.0 Å². The first-order valence-corrected chi connectivity index (χ1v) is 9.79. The Kier molecular flexibility index (Phi) is 7.52. The van der Waals surface area contributed by atoms with Crippen molar-refractivity contribution >= 4 is 39.8 Å². The molecule has 7 heteroatoms. The molecule has 24 heavy (non-hydrogen) atoms. The third kappa shape index (κ3) is 6.23. The summed E-state index contributed by atoms with van der Waals surface area (Å²) >= 11 is 0. The zero-order valence-corrected chi connectivity index (χ0v) is 17.9. The monoisotopic (exact) mass is 465 g/mol. The van der Waals surface area contributed by atoms with Gasteiger partial charge in [0.25, 0.3) is 0 Å². The Balaban J connectivity index is 0.00000288. The van der Waals surface area contributed by atoms with Crippen LogP contribution in [-0.2, 0) is 21.8 Å². The molecule has 1 fully saturated rings. The SMILES string of the molecule is CN=C(NCc1ccc(C(C)(C)C)cc1)NC1CCS(=O)(=O)C1.I. The van der Waals surface area contributed by atoms with Crippen molar-refractivity contribution in [3.05, 3.63) is 35.4 Å². The van der Waals surface area contributed by atoms with E-state index >= 15 is 0 Å². The summed E-state index contributed by atoms with van der Waals surface area (Å²) in [6.07, 6.45) is 0.642. The average Bonchev–Trinajstić information content (AvgIpc) is 2.82. The molecule has 1 saturated heterocycles. The molecule has 5 nitrogen and oxygen atoms in total. The Morgan fingerprint density at radius 2 is 1.88 bits per heavy atom. The van der Waals surface area contributed by atoms with Gasteiger partial charge in [0.05, 0.1) is 11.5 Å². The third-order valence-electron chi connectivity index (χ3n) is 4.08. The quantitative estimate of drug-likeness (QED) is 0.409. The van der Waals surface area contributed by atoms with Crippen molar-refractivity contribution in [1.29, 1.82) is 0 Å². The fourth-order valence-corrected chi connectivity index (χ4v) is 4.28. The maximum Gasteiger partial charge on any atom is 0.191 e. The molecule has 1 atom stereocenters. The van der Waals surface area contributed by atoms with Crippen LogP contribution in [0.2, 0.25) is 0 Å². The van der Waals surface area contributed by atoms with Gasteiger partial charge in [-0.1, -0.05) is 45.0 Å². The highest BCUT2D eigenvalue weighted by Crippen LogP contribution is 2.22. The van der Waals surface area contributed by atoms with E-state index in [1.165, 1.54) is 11.1 Å². The van der Waals surface area contributed by atoms with Crippen LogP contribution in [0.15, 0.2) is 29.3 Å². The molecule has 0 aliphatic carbocycles. The lowest BCUT2D eigenvalue weighted by atomic mass is 9.87. The number of guanidine groups is 1. The van der Waals surface area contributed by atoms with Crippen molar-refractivity contribution in [3.8, 4) is 0 Å². The zero-order valence-electron chi connectivity index (χ0n) is 14.8. The first-order valence-electron chi connectivity index (χ1n) is 7.97. The number of benzene rings is 1. The first kappa shape index (κ1) is 21.2. The summed E-state index contributed by atoms with van der Waals surface area (Å²) in [5.41, 5.74) is 2.62. The van der Waals surface area contributed by atoms with E-state index in [2.05, 4.69) is 60.7 Å². The fraction of sp³-hybridized carbons (Fsp3) is 0.588. The number of sulfone groups is 1. The van der Waals surface area contributed by atoms with Crippen LogP contribution in [0.1, 0.15) is 38.3 Å². The number of nitrogens with zero attached hydrogens (tertiary/aromatic N) is 1. The Hall–Kier alpha value is -0.830. The van der Waals surface area contributed by atoms with Crippen molar-refractivity contribution in [3.63, 3.8) is 0 Å². The second-order valence-electron chi connectivity index (χ2n) is 7.12.